The van der Waals surface area contributed by atoms with Crippen molar-refractivity contribution in [3.8, 4) is 0 Å². The van der Waals surface area contributed by atoms with Gasteiger partial charge in [-0.05, 0) is 51.9 Å². The number of amides is 2. The number of nitrogens with one attached hydrogen (secondary N) is 1. The summed E-state index contributed by atoms with van der Waals surface area (Å²) in [5.74, 6) is -1.62. The van der Waals surface area contributed by atoms with Crippen LogP contribution in [-0.4, -0.2) is 28.4 Å². The number of carbonyl (C=O) groups is 2. The molecule has 1 fully saturated rings. The second-order valence-electron chi connectivity index (χ2n) is 4.20. The molecule has 0 radical (unpaired) electrons. The molecule has 1 aromatic carbocycles. The number of hydrogen-bond acceptors (Lipinski definition) is 3. The lowest BCUT2D eigenvalue weighted by Crippen LogP contribution is -2.53. The Morgan fingerprint density at radius 3 is 2.76 bits per heavy atom. The largest absolute Gasteiger partial charge is 0.298 e. The van der Waals surface area contributed by atoms with Crippen LogP contribution in [0.2, 0.25) is 0 Å². The molecule has 0 bridgehead atoms. The van der Waals surface area contributed by atoms with Crippen LogP contribution in [0.1, 0.15) is 5.56 Å². The van der Waals surface area contributed by atoms with Gasteiger partial charge >= 0.3 is 0 Å². The van der Waals surface area contributed by atoms with Crippen LogP contribution in [0.3, 0.4) is 0 Å². The van der Waals surface area contributed by atoms with E-state index in [-0.39, 0.29) is 17.2 Å². The highest BCUT2D eigenvalue weighted by molar-refractivity contribution is 9.10. The Kier molecular flexibility index (Phi) is 4.64. The molecule has 0 unspecified atom stereocenters. The normalized spacial score (nSPS) is 17.1. The van der Waals surface area contributed by atoms with Crippen LogP contribution in [0.4, 0.5) is 4.39 Å². The van der Waals surface area contributed by atoms with Gasteiger partial charge < -0.3 is 0 Å². The lowest BCUT2D eigenvalue weighted by atomic mass is 10.1. The zero-order valence-electron chi connectivity index (χ0n) is 10.7. The molecule has 2 amide bonds. The Balaban J connectivity index is 2.40. The van der Waals surface area contributed by atoms with Crippen LogP contribution in [0.15, 0.2) is 40.9 Å². The third-order valence-corrected chi connectivity index (χ3v) is 3.72. The van der Waals surface area contributed by atoms with Gasteiger partial charge in [0.1, 0.15) is 11.4 Å². The first-order valence-electron chi connectivity index (χ1n) is 5.89. The van der Waals surface area contributed by atoms with Crippen molar-refractivity contribution in [3.63, 3.8) is 0 Å². The lowest BCUT2D eigenvalue weighted by molar-refractivity contribution is -0.128. The van der Waals surface area contributed by atoms with Gasteiger partial charge in [0.2, 0.25) is 0 Å². The van der Waals surface area contributed by atoms with E-state index in [0.29, 0.717) is 10.0 Å². The van der Waals surface area contributed by atoms with Crippen molar-refractivity contribution >= 4 is 51.2 Å². The van der Waals surface area contributed by atoms with E-state index in [1.54, 1.807) is 6.07 Å². The summed E-state index contributed by atoms with van der Waals surface area (Å²) in [5.41, 5.74) is 0.299. The molecule has 0 saturated carbocycles. The van der Waals surface area contributed by atoms with E-state index in [1.807, 2.05) is 0 Å². The van der Waals surface area contributed by atoms with E-state index in [2.05, 4.69) is 27.8 Å². The summed E-state index contributed by atoms with van der Waals surface area (Å²) in [6, 6.07) is 4.31. The molecular weight excluding hydrogens is 359 g/mol. The van der Waals surface area contributed by atoms with Gasteiger partial charge in [-0.1, -0.05) is 12.1 Å². The first-order valence-corrected chi connectivity index (χ1v) is 7.09. The van der Waals surface area contributed by atoms with Crippen LogP contribution in [0.5, 0.6) is 0 Å². The monoisotopic (exact) mass is 368 g/mol. The molecule has 1 heterocycles. The summed E-state index contributed by atoms with van der Waals surface area (Å²) < 4.78 is 13.8. The van der Waals surface area contributed by atoms with Crippen molar-refractivity contribution in [2.45, 2.75) is 0 Å². The fraction of sp³-hybridized carbons (Fsp3) is 0.0714. The maximum atomic E-state index is 13.5. The molecular formula is C14H10BrFN2O2S. The fourth-order valence-electron chi connectivity index (χ4n) is 1.76. The number of thiocarbonyl (C=S) groups is 1. The molecule has 0 aromatic heterocycles. The van der Waals surface area contributed by atoms with Gasteiger partial charge in [0.05, 0.1) is 4.47 Å². The average molecular weight is 369 g/mol. The van der Waals surface area contributed by atoms with Gasteiger partial charge in [-0.25, -0.2) is 4.39 Å². The minimum absolute atomic E-state index is 0.0315. The van der Waals surface area contributed by atoms with Gasteiger partial charge in [0, 0.05) is 6.54 Å². The van der Waals surface area contributed by atoms with Crippen molar-refractivity contribution in [1.82, 2.24) is 10.2 Å². The highest BCUT2D eigenvalue weighted by Gasteiger charge is 2.32. The molecule has 0 atom stereocenters. The van der Waals surface area contributed by atoms with Crippen molar-refractivity contribution < 1.29 is 14.0 Å². The van der Waals surface area contributed by atoms with Crippen LogP contribution in [0, 0.1) is 5.82 Å². The molecule has 0 aliphatic carbocycles. The molecule has 4 nitrogen and oxygen atoms in total. The Morgan fingerprint density at radius 2 is 2.14 bits per heavy atom. The predicted octanol–water partition coefficient (Wildman–Crippen LogP) is 2.40. The Hall–Kier alpha value is -1.86. The number of hydrogen-bond donors (Lipinski definition) is 1. The third-order valence-electron chi connectivity index (χ3n) is 2.75. The minimum atomic E-state index is -0.603. The van der Waals surface area contributed by atoms with Gasteiger partial charge in [-0.15, -0.1) is 6.58 Å². The van der Waals surface area contributed by atoms with Crippen LogP contribution >= 0.6 is 28.1 Å². The first-order chi connectivity index (χ1) is 9.93. The molecule has 21 heavy (non-hydrogen) atoms. The van der Waals surface area contributed by atoms with Gasteiger partial charge in [-0.2, -0.15) is 0 Å². The van der Waals surface area contributed by atoms with Crippen molar-refractivity contribution in [2.24, 2.45) is 0 Å². The summed E-state index contributed by atoms with van der Waals surface area (Å²) in [5, 5.41) is 2.45. The summed E-state index contributed by atoms with van der Waals surface area (Å²) in [6.45, 7) is 3.72. The lowest BCUT2D eigenvalue weighted by Gasteiger charge is -2.27. The molecule has 1 saturated heterocycles. The molecule has 1 aromatic rings. The first kappa shape index (κ1) is 15.5. The van der Waals surface area contributed by atoms with E-state index >= 15 is 0 Å². The SMILES string of the molecule is C=CCN1C(=O)C(=Cc2ccc(Br)c(F)c2)C(=O)NC1=S. The number of carbonyl (C=O) groups excluding carboxylic acids is 2. The Morgan fingerprint density at radius 1 is 1.43 bits per heavy atom. The highest BCUT2D eigenvalue weighted by atomic mass is 79.9. The van der Waals surface area contributed by atoms with Crippen molar-refractivity contribution in [3.05, 3.63) is 52.3 Å². The third kappa shape index (κ3) is 3.25. The zero-order valence-corrected chi connectivity index (χ0v) is 13.1. The molecule has 2 rings (SSSR count). The quantitative estimate of drug-likeness (QED) is 0.385. The predicted molar refractivity (Wildman–Crippen MR) is 84.7 cm³/mol. The summed E-state index contributed by atoms with van der Waals surface area (Å²) in [6.07, 6.45) is 2.82. The zero-order chi connectivity index (χ0) is 15.6. The van der Waals surface area contributed by atoms with Crippen molar-refractivity contribution in [1.29, 1.82) is 0 Å². The Labute approximate surface area is 134 Å². The fourth-order valence-corrected chi connectivity index (χ4v) is 2.25. The van der Waals surface area contributed by atoms with E-state index in [9.17, 15) is 14.0 Å². The van der Waals surface area contributed by atoms with Crippen LogP contribution < -0.4 is 5.32 Å². The highest BCUT2D eigenvalue weighted by Crippen LogP contribution is 2.20. The van der Waals surface area contributed by atoms with Crippen LogP contribution in [0.25, 0.3) is 6.08 Å². The molecule has 1 aliphatic rings. The minimum Gasteiger partial charge on any atom is -0.298 e. The number of benzene rings is 1. The van der Waals surface area contributed by atoms with Gasteiger partial charge in [-0.3, -0.25) is 19.8 Å². The molecule has 1 N–H and O–H groups in total. The van der Waals surface area contributed by atoms with Gasteiger partial charge in [0.15, 0.2) is 5.11 Å². The second-order valence-corrected chi connectivity index (χ2v) is 5.44. The van der Waals surface area contributed by atoms with Crippen LogP contribution in [-0.2, 0) is 9.59 Å². The topological polar surface area (TPSA) is 49.4 Å². The maximum Gasteiger partial charge on any atom is 0.265 e. The average Bonchev–Trinajstić information content (AvgIpc) is 2.43. The van der Waals surface area contributed by atoms with E-state index < -0.39 is 17.6 Å². The molecule has 1 aliphatic heterocycles. The van der Waals surface area contributed by atoms with Gasteiger partial charge in [0.25, 0.3) is 11.8 Å². The maximum absolute atomic E-state index is 13.5. The molecule has 0 spiro atoms. The van der Waals surface area contributed by atoms with E-state index in [1.165, 1.54) is 29.2 Å². The van der Waals surface area contributed by atoms with E-state index in [4.69, 9.17) is 12.2 Å². The summed E-state index contributed by atoms with van der Waals surface area (Å²) in [4.78, 5) is 25.3. The smallest absolute Gasteiger partial charge is 0.265 e. The molecule has 7 heteroatoms. The summed E-state index contributed by atoms with van der Waals surface area (Å²) >= 11 is 7.97. The summed E-state index contributed by atoms with van der Waals surface area (Å²) in [7, 11) is 0. The van der Waals surface area contributed by atoms with Crippen molar-refractivity contribution in [2.75, 3.05) is 6.54 Å². The number of nitrogens with zero attached hydrogens (tertiary/aromatic N) is 1. The second kappa shape index (κ2) is 6.28. The number of rotatable bonds is 3. The Bertz CT molecular complexity index is 688. The molecule has 108 valence electrons. The number of halogens is 2. The standard InChI is InChI=1S/C14H10BrFN2O2S/c1-2-5-18-13(20)9(12(19)17-14(18)21)6-8-3-4-10(15)11(16)7-8/h2-4,6-7H,1,5H2,(H,17,19,21). The van der Waals surface area contributed by atoms with E-state index in [0.717, 1.165) is 0 Å².